The Morgan fingerprint density at radius 2 is 1.71 bits per heavy atom. The lowest BCUT2D eigenvalue weighted by Crippen LogP contribution is -2.42. The summed E-state index contributed by atoms with van der Waals surface area (Å²) in [4.78, 5) is 38.6. The summed E-state index contributed by atoms with van der Waals surface area (Å²) < 4.78 is 0. The van der Waals surface area contributed by atoms with Gasteiger partial charge < -0.3 is 10.6 Å². The molecular formula is C22H25N3O3. The topological polar surface area (TPSA) is 78.5 Å². The molecule has 0 aliphatic carbocycles. The van der Waals surface area contributed by atoms with Crippen LogP contribution >= 0.6 is 0 Å². The van der Waals surface area contributed by atoms with Gasteiger partial charge in [0.1, 0.15) is 12.1 Å². The van der Waals surface area contributed by atoms with Crippen LogP contribution in [0.15, 0.2) is 48.5 Å². The molecule has 1 aliphatic heterocycles. The second-order valence-corrected chi connectivity index (χ2v) is 7.31. The Kier molecular flexibility index (Phi) is 5.49. The molecule has 28 heavy (non-hydrogen) atoms. The zero-order valence-electron chi connectivity index (χ0n) is 16.4. The van der Waals surface area contributed by atoms with Gasteiger partial charge in [-0.05, 0) is 43.5 Å². The van der Waals surface area contributed by atoms with Gasteiger partial charge in [-0.1, -0.05) is 55.3 Å². The van der Waals surface area contributed by atoms with Crippen LogP contribution in [-0.4, -0.2) is 29.3 Å². The minimum atomic E-state index is -1.17. The zero-order chi connectivity index (χ0) is 20.3. The first-order valence-electron chi connectivity index (χ1n) is 9.43. The van der Waals surface area contributed by atoms with Gasteiger partial charge in [-0.25, -0.2) is 4.79 Å². The van der Waals surface area contributed by atoms with Crippen molar-refractivity contribution in [3.05, 3.63) is 65.2 Å². The molecule has 1 heterocycles. The van der Waals surface area contributed by atoms with Crippen molar-refractivity contribution in [2.75, 3.05) is 11.9 Å². The van der Waals surface area contributed by atoms with Crippen LogP contribution in [0.4, 0.5) is 10.5 Å². The van der Waals surface area contributed by atoms with Gasteiger partial charge in [-0.2, -0.15) is 0 Å². The minimum absolute atomic E-state index is 0.331. The van der Waals surface area contributed by atoms with E-state index in [1.54, 1.807) is 6.92 Å². The Bertz CT molecular complexity index is 890. The Hall–Kier alpha value is -3.15. The molecule has 6 heteroatoms. The fourth-order valence-electron chi connectivity index (χ4n) is 3.31. The Morgan fingerprint density at radius 1 is 1.07 bits per heavy atom. The number of nitrogens with zero attached hydrogens (tertiary/aromatic N) is 1. The highest BCUT2D eigenvalue weighted by Gasteiger charge is 2.49. The highest BCUT2D eigenvalue weighted by atomic mass is 16.2. The number of nitrogens with one attached hydrogen (secondary N) is 2. The van der Waals surface area contributed by atoms with Crippen molar-refractivity contribution in [1.29, 1.82) is 0 Å². The van der Waals surface area contributed by atoms with Gasteiger partial charge in [-0.15, -0.1) is 0 Å². The first-order chi connectivity index (χ1) is 13.3. The van der Waals surface area contributed by atoms with Gasteiger partial charge in [-0.3, -0.25) is 14.5 Å². The van der Waals surface area contributed by atoms with E-state index < -0.39 is 23.4 Å². The second kappa shape index (κ2) is 7.84. The van der Waals surface area contributed by atoms with Crippen LogP contribution in [0, 0.1) is 6.92 Å². The van der Waals surface area contributed by atoms with Crippen LogP contribution in [0.1, 0.15) is 37.0 Å². The fraction of sp³-hybridized carbons (Fsp3) is 0.318. The van der Waals surface area contributed by atoms with Crippen LogP contribution in [-0.2, 0) is 21.5 Å². The molecule has 2 aromatic carbocycles. The summed E-state index contributed by atoms with van der Waals surface area (Å²) in [5.41, 5.74) is 2.41. The summed E-state index contributed by atoms with van der Waals surface area (Å²) in [5, 5.41) is 5.46. The molecule has 0 spiro atoms. The lowest BCUT2D eigenvalue weighted by molar-refractivity contribution is -0.133. The van der Waals surface area contributed by atoms with E-state index in [1.165, 1.54) is 5.56 Å². The number of hydrogen-bond acceptors (Lipinski definition) is 3. The predicted octanol–water partition coefficient (Wildman–Crippen LogP) is 3.35. The van der Waals surface area contributed by atoms with E-state index in [2.05, 4.69) is 17.6 Å². The number of benzene rings is 2. The lowest BCUT2D eigenvalue weighted by Gasteiger charge is -2.22. The van der Waals surface area contributed by atoms with Crippen LogP contribution in [0.5, 0.6) is 0 Å². The molecule has 1 unspecified atom stereocenters. The number of anilines is 1. The van der Waals surface area contributed by atoms with Crippen molar-refractivity contribution in [3.63, 3.8) is 0 Å². The number of carbonyl (C=O) groups is 3. The van der Waals surface area contributed by atoms with E-state index in [9.17, 15) is 14.4 Å². The van der Waals surface area contributed by atoms with Gasteiger partial charge in [0.25, 0.3) is 5.91 Å². The van der Waals surface area contributed by atoms with Crippen molar-refractivity contribution < 1.29 is 14.4 Å². The maximum atomic E-state index is 12.9. The van der Waals surface area contributed by atoms with E-state index in [0.717, 1.165) is 23.3 Å². The van der Waals surface area contributed by atoms with Gasteiger partial charge in [0.15, 0.2) is 0 Å². The Morgan fingerprint density at radius 3 is 2.32 bits per heavy atom. The maximum absolute atomic E-state index is 12.9. The first kappa shape index (κ1) is 19.6. The molecule has 0 radical (unpaired) electrons. The molecule has 0 saturated carbocycles. The molecule has 0 bridgehead atoms. The van der Waals surface area contributed by atoms with Gasteiger partial charge in [0.2, 0.25) is 5.91 Å². The van der Waals surface area contributed by atoms with E-state index in [-0.39, 0.29) is 6.54 Å². The van der Waals surface area contributed by atoms with Crippen LogP contribution in [0.2, 0.25) is 0 Å². The quantitative estimate of drug-likeness (QED) is 0.756. The fourth-order valence-corrected chi connectivity index (χ4v) is 3.31. The number of rotatable bonds is 6. The third kappa shape index (κ3) is 3.91. The monoisotopic (exact) mass is 379 g/mol. The lowest BCUT2D eigenvalue weighted by atomic mass is 9.91. The third-order valence-electron chi connectivity index (χ3n) is 4.98. The highest BCUT2D eigenvalue weighted by molar-refractivity contribution is 6.10. The molecule has 2 N–H and O–H groups in total. The van der Waals surface area contributed by atoms with Gasteiger partial charge in [0.05, 0.1) is 0 Å². The average molecular weight is 379 g/mol. The summed E-state index contributed by atoms with van der Waals surface area (Å²) in [6, 6.07) is 14.4. The number of carbonyl (C=O) groups excluding carboxylic acids is 3. The smallest absolute Gasteiger partial charge is 0.325 e. The van der Waals surface area contributed by atoms with E-state index in [0.29, 0.717) is 11.3 Å². The number of urea groups is 1. The number of hydrogen-bond donors (Lipinski definition) is 2. The number of imide groups is 1. The van der Waals surface area contributed by atoms with Crippen molar-refractivity contribution in [1.82, 2.24) is 10.2 Å². The van der Waals surface area contributed by atoms with Crippen LogP contribution < -0.4 is 10.6 Å². The van der Waals surface area contributed by atoms with E-state index in [4.69, 9.17) is 0 Å². The summed E-state index contributed by atoms with van der Waals surface area (Å²) in [7, 11) is 0. The molecule has 3 rings (SSSR count). The molecule has 1 saturated heterocycles. The summed E-state index contributed by atoms with van der Waals surface area (Å²) in [6.45, 7) is 5.38. The van der Waals surface area contributed by atoms with E-state index in [1.807, 2.05) is 55.5 Å². The molecule has 0 aromatic heterocycles. The summed E-state index contributed by atoms with van der Waals surface area (Å²) in [5.74, 6) is -0.852. The highest BCUT2D eigenvalue weighted by Crippen LogP contribution is 2.29. The van der Waals surface area contributed by atoms with Gasteiger partial charge in [0, 0.05) is 5.69 Å². The molecule has 1 atom stereocenters. The summed E-state index contributed by atoms with van der Waals surface area (Å²) >= 11 is 0. The van der Waals surface area contributed by atoms with Gasteiger partial charge >= 0.3 is 6.03 Å². The van der Waals surface area contributed by atoms with Crippen LogP contribution in [0.25, 0.3) is 0 Å². The van der Waals surface area contributed by atoms with Crippen molar-refractivity contribution >= 4 is 23.5 Å². The molecule has 4 amide bonds. The zero-order valence-corrected chi connectivity index (χ0v) is 16.4. The van der Waals surface area contributed by atoms with E-state index >= 15 is 0 Å². The Labute approximate surface area is 164 Å². The Balaban J connectivity index is 1.68. The molecule has 1 fully saturated rings. The van der Waals surface area contributed by atoms with Crippen molar-refractivity contribution in [2.45, 2.75) is 39.2 Å². The second-order valence-electron chi connectivity index (χ2n) is 7.31. The molecular weight excluding hydrogens is 354 g/mol. The molecule has 2 aromatic rings. The first-order valence-corrected chi connectivity index (χ1v) is 9.43. The van der Waals surface area contributed by atoms with Crippen molar-refractivity contribution in [3.8, 4) is 0 Å². The molecule has 6 nitrogen and oxygen atoms in total. The number of amides is 4. The maximum Gasteiger partial charge on any atom is 0.325 e. The van der Waals surface area contributed by atoms with Crippen molar-refractivity contribution in [2.24, 2.45) is 0 Å². The SMILES string of the molecule is CCCc1ccc(NC(=O)CN2C(=O)NC(C)(c3ccc(C)cc3)C2=O)cc1. The largest absolute Gasteiger partial charge is 0.325 e. The molecule has 1 aliphatic rings. The third-order valence-corrected chi connectivity index (χ3v) is 4.98. The normalized spacial score (nSPS) is 18.9. The van der Waals surface area contributed by atoms with Crippen LogP contribution in [0.3, 0.4) is 0 Å². The number of aryl methyl sites for hydroxylation is 2. The predicted molar refractivity (Wildman–Crippen MR) is 108 cm³/mol. The minimum Gasteiger partial charge on any atom is -0.325 e. The summed E-state index contributed by atoms with van der Waals surface area (Å²) in [6.07, 6.45) is 2.03. The molecule has 146 valence electrons. The average Bonchev–Trinajstić information content (AvgIpc) is 2.88. The standard InChI is InChI=1S/C22H25N3O3/c1-4-5-16-8-12-18(13-9-16)23-19(26)14-25-20(27)22(3,24-21(25)28)17-10-6-15(2)7-11-17/h6-13H,4-5,14H2,1-3H3,(H,23,26)(H,24,28).